The van der Waals surface area contributed by atoms with Crippen molar-refractivity contribution in [3.8, 4) is 0 Å². The van der Waals surface area contributed by atoms with Gasteiger partial charge in [0, 0.05) is 0 Å². The molecular formula is C10H14F4NO5S2+. The summed E-state index contributed by atoms with van der Waals surface area (Å²) in [5.74, 6) is 0. The summed E-state index contributed by atoms with van der Waals surface area (Å²) < 4.78 is 97.3. The lowest BCUT2D eigenvalue weighted by Crippen LogP contribution is -2.54. The Kier molecular flexibility index (Phi) is 6.06. The van der Waals surface area contributed by atoms with Gasteiger partial charge in [0.05, 0.1) is 4.91 Å². The van der Waals surface area contributed by atoms with Gasteiger partial charge < -0.3 is 0 Å². The molecule has 0 heterocycles. The third kappa shape index (κ3) is 3.07. The van der Waals surface area contributed by atoms with Crippen LogP contribution in [0.2, 0.25) is 0 Å². The standard InChI is InChI=1S/C10H14F4NO5S2/c1-4-6-8(3)9(12,5-2)10(13,14)22(19,20)15(16)21(17,18)7-11/h4,6H,3,5,7H2,1-2H3/q+1. The Morgan fingerprint density at radius 1 is 1.23 bits per heavy atom. The number of halogens is 4. The predicted octanol–water partition coefficient (Wildman–Crippen LogP) is 2.20. The van der Waals surface area contributed by atoms with E-state index in [1.807, 2.05) is 0 Å². The smallest absolute Gasteiger partial charge is 0.230 e. The maximum absolute atomic E-state index is 14.5. The maximum atomic E-state index is 14.5. The molecule has 0 N–H and O–H groups in total. The maximum Gasteiger partial charge on any atom is 0.495 e. The summed E-state index contributed by atoms with van der Waals surface area (Å²) in [4.78, 5) is 11.1. The first-order valence-corrected chi connectivity index (χ1v) is 8.70. The Hall–Kier alpha value is -1.30. The predicted molar refractivity (Wildman–Crippen MR) is 70.5 cm³/mol. The molecule has 128 valence electrons. The molecule has 0 aromatic rings. The Bertz CT molecular complexity index is 699. The first kappa shape index (κ1) is 20.7. The molecule has 0 spiro atoms. The van der Waals surface area contributed by atoms with Crippen LogP contribution in [0.15, 0.2) is 24.3 Å². The lowest BCUT2D eigenvalue weighted by Gasteiger charge is -2.29. The van der Waals surface area contributed by atoms with Crippen LogP contribution < -0.4 is 0 Å². The van der Waals surface area contributed by atoms with E-state index in [1.165, 1.54) is 6.92 Å². The molecule has 0 saturated carbocycles. The monoisotopic (exact) mass is 368 g/mol. The quantitative estimate of drug-likeness (QED) is 0.372. The minimum Gasteiger partial charge on any atom is -0.230 e. The van der Waals surface area contributed by atoms with Gasteiger partial charge in [0.15, 0.2) is 0 Å². The van der Waals surface area contributed by atoms with Crippen LogP contribution in [0.5, 0.6) is 0 Å². The summed E-state index contributed by atoms with van der Waals surface area (Å²) in [5, 5.41) is -5.48. The van der Waals surface area contributed by atoms with Crippen molar-refractivity contribution in [3.05, 3.63) is 29.2 Å². The molecule has 0 aliphatic heterocycles. The highest BCUT2D eigenvalue weighted by Crippen LogP contribution is 2.45. The highest BCUT2D eigenvalue weighted by atomic mass is 32.3. The summed E-state index contributed by atoms with van der Waals surface area (Å²) in [6.45, 7) is 5.11. The van der Waals surface area contributed by atoms with Crippen LogP contribution >= 0.6 is 0 Å². The van der Waals surface area contributed by atoms with Crippen LogP contribution in [0.4, 0.5) is 17.6 Å². The van der Waals surface area contributed by atoms with E-state index in [0.717, 1.165) is 19.1 Å². The molecule has 0 bridgehead atoms. The fraction of sp³-hybridized carbons (Fsp3) is 0.600. The highest BCUT2D eigenvalue weighted by Gasteiger charge is 2.73. The number of allylic oxidation sites excluding steroid dienone is 3. The van der Waals surface area contributed by atoms with E-state index >= 15 is 0 Å². The molecule has 0 fully saturated rings. The van der Waals surface area contributed by atoms with E-state index < -0.39 is 52.5 Å². The molecule has 0 saturated heterocycles. The molecule has 0 aromatic carbocycles. The van der Waals surface area contributed by atoms with Crippen LogP contribution in [0.1, 0.15) is 20.3 Å². The average molecular weight is 368 g/mol. The lowest BCUT2D eigenvalue weighted by atomic mass is 9.94. The van der Waals surface area contributed by atoms with Crippen molar-refractivity contribution in [3.63, 3.8) is 0 Å². The summed E-state index contributed by atoms with van der Waals surface area (Å²) in [5.41, 5.74) is -4.94. The summed E-state index contributed by atoms with van der Waals surface area (Å²) in [7, 11) is -12.3. The second-order valence-electron chi connectivity index (χ2n) is 4.09. The summed E-state index contributed by atoms with van der Waals surface area (Å²) >= 11 is 0. The van der Waals surface area contributed by atoms with Gasteiger partial charge in [-0.3, -0.25) is 0 Å². The van der Waals surface area contributed by atoms with E-state index in [9.17, 15) is 39.3 Å². The molecule has 0 radical (unpaired) electrons. The zero-order chi connectivity index (χ0) is 18.0. The number of sulfonamides is 2. The minimum atomic E-state index is -6.59. The SMILES string of the molecule is C=C(C=CC)C(F)(CC)C(F)(F)S(=O)(=O)[N+](=O)S(=O)(=O)CF. The number of rotatable bonds is 8. The first-order valence-electron chi connectivity index (χ1n) is 5.65. The molecule has 0 rings (SSSR count). The van der Waals surface area contributed by atoms with Gasteiger partial charge in [-0.15, -0.1) is 0 Å². The fourth-order valence-corrected chi connectivity index (χ4v) is 3.99. The van der Waals surface area contributed by atoms with Crippen LogP contribution in [0.3, 0.4) is 0 Å². The van der Waals surface area contributed by atoms with Gasteiger partial charge in [-0.1, -0.05) is 25.7 Å². The van der Waals surface area contributed by atoms with Crippen molar-refractivity contribution in [1.29, 1.82) is 0 Å². The van der Waals surface area contributed by atoms with Crippen molar-refractivity contribution < 1.29 is 38.0 Å². The summed E-state index contributed by atoms with van der Waals surface area (Å²) in [6, 6.07) is -2.53. The first-order chi connectivity index (χ1) is 9.76. The van der Waals surface area contributed by atoms with Gasteiger partial charge in [0.25, 0.3) is 9.58 Å². The van der Waals surface area contributed by atoms with E-state index in [1.54, 1.807) is 0 Å². The number of nitrogens with zero attached hydrogens (tertiary/aromatic N) is 1. The number of alkyl halides is 4. The van der Waals surface area contributed by atoms with Crippen molar-refractivity contribution in [2.45, 2.75) is 31.2 Å². The average Bonchev–Trinajstić information content (AvgIpc) is 2.44. The largest absolute Gasteiger partial charge is 0.495 e. The molecule has 0 aromatic heterocycles. The van der Waals surface area contributed by atoms with Crippen molar-refractivity contribution in [2.24, 2.45) is 0 Å². The van der Waals surface area contributed by atoms with Gasteiger partial charge in [0.2, 0.25) is 5.67 Å². The molecule has 6 nitrogen and oxygen atoms in total. The Balaban J connectivity index is 6.32. The zero-order valence-electron chi connectivity index (χ0n) is 11.6. The molecule has 12 heteroatoms. The van der Waals surface area contributed by atoms with Gasteiger partial charge in [-0.05, 0) is 18.9 Å². The second kappa shape index (κ2) is 6.44. The third-order valence-electron chi connectivity index (χ3n) is 2.71. The normalized spacial score (nSPS) is 16.5. The highest BCUT2D eigenvalue weighted by molar-refractivity contribution is 7.97. The van der Waals surface area contributed by atoms with Crippen molar-refractivity contribution >= 4 is 20.0 Å². The molecule has 1 unspecified atom stereocenters. The van der Waals surface area contributed by atoms with Crippen LogP contribution in [0.25, 0.3) is 0 Å². The third-order valence-corrected chi connectivity index (χ3v) is 6.07. The van der Waals surface area contributed by atoms with E-state index in [0.29, 0.717) is 0 Å². The van der Waals surface area contributed by atoms with Gasteiger partial charge in [-0.2, -0.15) is 25.6 Å². The number of nitroso groups, excluding NO2 is 1. The molecule has 0 aliphatic rings. The van der Waals surface area contributed by atoms with Crippen LogP contribution in [0, 0.1) is 4.91 Å². The van der Waals surface area contributed by atoms with Gasteiger partial charge in [0.1, 0.15) is 0 Å². The number of hydrogen-bond acceptors (Lipinski definition) is 5. The minimum absolute atomic E-state index is 0.742. The topological polar surface area (TPSA) is 88.4 Å². The Morgan fingerprint density at radius 2 is 1.68 bits per heavy atom. The fourth-order valence-electron chi connectivity index (χ4n) is 1.44. The molecule has 0 aliphatic carbocycles. The zero-order valence-corrected chi connectivity index (χ0v) is 13.2. The second-order valence-corrected chi connectivity index (χ2v) is 7.83. The molecule has 22 heavy (non-hydrogen) atoms. The van der Waals surface area contributed by atoms with Crippen molar-refractivity contribution in [2.75, 3.05) is 6.01 Å². The van der Waals surface area contributed by atoms with Crippen molar-refractivity contribution in [1.82, 2.24) is 0 Å². The number of hydrogen-bond donors (Lipinski definition) is 0. The van der Waals surface area contributed by atoms with Gasteiger partial charge in [-0.25, -0.2) is 8.78 Å². The summed E-state index contributed by atoms with van der Waals surface area (Å²) in [6.07, 6.45) is 0.694. The van der Waals surface area contributed by atoms with E-state index in [2.05, 4.69) is 6.58 Å². The lowest BCUT2D eigenvalue weighted by molar-refractivity contribution is -0.228. The molecule has 0 amide bonds. The van der Waals surface area contributed by atoms with E-state index in [4.69, 9.17) is 0 Å². The van der Waals surface area contributed by atoms with Crippen LogP contribution in [-0.2, 0) is 20.0 Å². The molecular weight excluding hydrogens is 354 g/mol. The van der Waals surface area contributed by atoms with Gasteiger partial charge >= 0.3 is 25.3 Å². The van der Waals surface area contributed by atoms with E-state index in [-0.39, 0.29) is 0 Å². The Labute approximate surface area is 125 Å². The molecule has 1 atom stereocenters. The Morgan fingerprint density at radius 3 is 2.00 bits per heavy atom. The van der Waals surface area contributed by atoms with Crippen LogP contribution in [-0.4, -0.2) is 37.3 Å².